The molecule has 0 aliphatic carbocycles. The molecule has 2 aromatic carbocycles. The van der Waals surface area contributed by atoms with Crippen LogP contribution in [0.25, 0.3) is 0 Å². The fourth-order valence-corrected chi connectivity index (χ4v) is 2.53. The Bertz CT molecular complexity index is 671. The number of rotatable bonds is 6. The number of nitrogens with one attached hydrogen (secondary N) is 2. The second-order valence-electron chi connectivity index (χ2n) is 5.69. The molecule has 0 spiro atoms. The average Bonchev–Trinajstić information content (AvgIpc) is 2.49. The van der Waals surface area contributed by atoms with Crippen LogP contribution in [-0.4, -0.2) is 26.6 Å². The lowest BCUT2D eigenvalue weighted by Crippen LogP contribution is -3.08. The van der Waals surface area contributed by atoms with Gasteiger partial charge in [-0.15, -0.1) is 0 Å². The smallest absolute Gasteiger partial charge is 0.279 e. The molecule has 1 atom stereocenters. The fourth-order valence-electron chi connectivity index (χ4n) is 2.40. The van der Waals surface area contributed by atoms with E-state index in [-0.39, 0.29) is 5.91 Å². The van der Waals surface area contributed by atoms with Crippen molar-refractivity contribution < 1.29 is 14.4 Å². The highest BCUT2D eigenvalue weighted by Gasteiger charge is 2.13. The minimum Gasteiger partial charge on any atom is -0.495 e. The lowest BCUT2D eigenvalue weighted by atomic mass is 10.2. The van der Waals surface area contributed by atoms with E-state index >= 15 is 0 Å². The number of methoxy groups -OCH3 is 1. The van der Waals surface area contributed by atoms with Crippen LogP contribution >= 0.6 is 11.6 Å². The quantitative estimate of drug-likeness (QED) is 0.852. The first-order chi connectivity index (χ1) is 11.0. The van der Waals surface area contributed by atoms with Gasteiger partial charge in [0.15, 0.2) is 6.54 Å². The maximum Gasteiger partial charge on any atom is 0.279 e. The summed E-state index contributed by atoms with van der Waals surface area (Å²) in [5.74, 6) is 0.625. The first-order valence-electron chi connectivity index (χ1n) is 7.48. The van der Waals surface area contributed by atoms with Gasteiger partial charge in [-0.05, 0) is 36.8 Å². The summed E-state index contributed by atoms with van der Waals surface area (Å²) in [6.45, 7) is 3.11. The minimum atomic E-state index is -0.0413. The van der Waals surface area contributed by atoms with Crippen molar-refractivity contribution in [3.05, 3.63) is 58.6 Å². The molecule has 0 saturated carbocycles. The summed E-state index contributed by atoms with van der Waals surface area (Å²) in [6.07, 6.45) is 0. The molecule has 0 aromatic heterocycles. The Morgan fingerprint density at radius 3 is 2.57 bits per heavy atom. The van der Waals surface area contributed by atoms with Crippen LogP contribution in [0.4, 0.5) is 5.69 Å². The molecule has 23 heavy (non-hydrogen) atoms. The lowest BCUT2D eigenvalue weighted by molar-refractivity contribution is -0.885. The third-order valence-corrected chi connectivity index (χ3v) is 3.76. The number of likely N-dealkylation sites (N-methyl/N-ethyl adjacent to an activating group) is 1. The fraction of sp³-hybridized carbons (Fsp3) is 0.278. The summed E-state index contributed by atoms with van der Waals surface area (Å²) >= 11 is 5.88. The number of hydrogen-bond donors (Lipinski definition) is 2. The zero-order chi connectivity index (χ0) is 16.8. The van der Waals surface area contributed by atoms with Gasteiger partial charge in [0.1, 0.15) is 12.3 Å². The summed E-state index contributed by atoms with van der Waals surface area (Å²) in [7, 11) is 3.58. The maximum absolute atomic E-state index is 12.2. The minimum absolute atomic E-state index is 0.0413. The molecule has 1 unspecified atom stereocenters. The van der Waals surface area contributed by atoms with Crippen molar-refractivity contribution in [3.8, 4) is 5.75 Å². The molecular formula is C18H22ClN2O2+. The van der Waals surface area contributed by atoms with Gasteiger partial charge in [0.05, 0.1) is 19.8 Å². The topological polar surface area (TPSA) is 42.8 Å². The van der Waals surface area contributed by atoms with Crippen molar-refractivity contribution in [2.24, 2.45) is 0 Å². The number of amides is 1. The number of carbonyl (C=O) groups excluding carboxylic acids is 1. The van der Waals surface area contributed by atoms with E-state index in [4.69, 9.17) is 16.3 Å². The van der Waals surface area contributed by atoms with Gasteiger partial charge in [-0.3, -0.25) is 4.79 Å². The molecule has 4 nitrogen and oxygen atoms in total. The van der Waals surface area contributed by atoms with Crippen molar-refractivity contribution in [2.45, 2.75) is 13.5 Å². The molecule has 0 bridgehead atoms. The monoisotopic (exact) mass is 333 g/mol. The summed E-state index contributed by atoms with van der Waals surface area (Å²) in [5.41, 5.74) is 2.92. The molecule has 0 aliphatic heterocycles. The molecule has 2 rings (SSSR count). The molecule has 0 heterocycles. The van der Waals surface area contributed by atoms with Gasteiger partial charge in [-0.1, -0.05) is 29.8 Å². The van der Waals surface area contributed by atoms with Gasteiger partial charge < -0.3 is 15.0 Å². The Balaban J connectivity index is 1.94. The predicted molar refractivity (Wildman–Crippen MR) is 93.3 cm³/mol. The van der Waals surface area contributed by atoms with Crippen LogP contribution in [0, 0.1) is 6.92 Å². The molecule has 0 radical (unpaired) electrons. The standard InChI is InChI=1S/C18H21ClN2O2/c1-13-4-9-17(23-3)16(10-13)20-18(22)12-21(2)11-14-5-7-15(19)8-6-14/h4-10H,11-12H2,1-3H3,(H,20,22)/p+1. The summed E-state index contributed by atoms with van der Waals surface area (Å²) < 4.78 is 5.28. The van der Waals surface area contributed by atoms with Crippen LogP contribution in [0.1, 0.15) is 11.1 Å². The summed E-state index contributed by atoms with van der Waals surface area (Å²) in [5, 5.41) is 3.64. The summed E-state index contributed by atoms with van der Waals surface area (Å²) in [4.78, 5) is 13.3. The molecule has 0 aliphatic rings. The van der Waals surface area contributed by atoms with Crippen molar-refractivity contribution in [1.82, 2.24) is 0 Å². The van der Waals surface area contributed by atoms with E-state index in [1.807, 2.05) is 56.4 Å². The van der Waals surface area contributed by atoms with E-state index in [0.717, 1.165) is 27.6 Å². The SMILES string of the molecule is COc1ccc(C)cc1NC(=O)C[NH+](C)Cc1ccc(Cl)cc1. The molecule has 0 saturated heterocycles. The third kappa shape index (κ3) is 5.27. The van der Waals surface area contributed by atoms with Crippen LogP contribution < -0.4 is 15.0 Å². The number of halogens is 1. The first-order valence-corrected chi connectivity index (χ1v) is 7.86. The van der Waals surface area contributed by atoms with E-state index in [0.29, 0.717) is 18.0 Å². The lowest BCUT2D eigenvalue weighted by Gasteiger charge is -2.15. The highest BCUT2D eigenvalue weighted by atomic mass is 35.5. The molecule has 122 valence electrons. The van der Waals surface area contributed by atoms with E-state index in [1.165, 1.54) is 0 Å². The van der Waals surface area contributed by atoms with Crippen LogP contribution in [0.3, 0.4) is 0 Å². The molecular weight excluding hydrogens is 312 g/mol. The van der Waals surface area contributed by atoms with Gasteiger partial charge in [0.25, 0.3) is 5.91 Å². The van der Waals surface area contributed by atoms with Crippen LogP contribution in [0.5, 0.6) is 5.75 Å². The predicted octanol–water partition coefficient (Wildman–Crippen LogP) is 2.31. The Hall–Kier alpha value is -2.04. The van der Waals surface area contributed by atoms with Crippen molar-refractivity contribution >= 4 is 23.2 Å². The van der Waals surface area contributed by atoms with Gasteiger partial charge in [-0.25, -0.2) is 0 Å². The second-order valence-corrected chi connectivity index (χ2v) is 6.13. The van der Waals surface area contributed by atoms with Gasteiger partial charge >= 0.3 is 0 Å². The average molecular weight is 334 g/mol. The number of benzene rings is 2. The van der Waals surface area contributed by atoms with E-state index in [9.17, 15) is 4.79 Å². The molecule has 5 heteroatoms. The number of ether oxygens (including phenoxy) is 1. The van der Waals surface area contributed by atoms with Gasteiger partial charge in [0, 0.05) is 10.6 Å². The molecule has 0 fully saturated rings. The van der Waals surface area contributed by atoms with E-state index in [2.05, 4.69) is 5.32 Å². The van der Waals surface area contributed by atoms with Gasteiger partial charge in [0.2, 0.25) is 0 Å². The highest BCUT2D eigenvalue weighted by molar-refractivity contribution is 6.30. The first kappa shape index (κ1) is 17.3. The van der Waals surface area contributed by atoms with Crippen molar-refractivity contribution in [3.63, 3.8) is 0 Å². The molecule has 2 aromatic rings. The van der Waals surface area contributed by atoms with Crippen molar-refractivity contribution in [1.29, 1.82) is 0 Å². The Morgan fingerprint density at radius 2 is 1.91 bits per heavy atom. The number of anilines is 1. The zero-order valence-electron chi connectivity index (χ0n) is 13.7. The van der Waals surface area contributed by atoms with Crippen LogP contribution in [-0.2, 0) is 11.3 Å². The number of carbonyl (C=O) groups is 1. The Morgan fingerprint density at radius 1 is 1.22 bits per heavy atom. The molecule has 1 amide bonds. The van der Waals surface area contributed by atoms with E-state index < -0.39 is 0 Å². The number of quaternary nitrogens is 1. The summed E-state index contributed by atoms with van der Waals surface area (Å²) in [6, 6.07) is 13.4. The normalized spacial score (nSPS) is 11.8. The molecule has 2 N–H and O–H groups in total. The zero-order valence-corrected chi connectivity index (χ0v) is 14.4. The maximum atomic E-state index is 12.2. The number of hydrogen-bond acceptors (Lipinski definition) is 2. The van der Waals surface area contributed by atoms with E-state index in [1.54, 1.807) is 7.11 Å². The van der Waals surface area contributed by atoms with Crippen LogP contribution in [0.15, 0.2) is 42.5 Å². The van der Waals surface area contributed by atoms with Crippen LogP contribution in [0.2, 0.25) is 5.02 Å². The highest BCUT2D eigenvalue weighted by Crippen LogP contribution is 2.24. The number of aryl methyl sites for hydroxylation is 1. The largest absolute Gasteiger partial charge is 0.495 e. The Kier molecular flexibility index (Phi) is 6.02. The van der Waals surface area contributed by atoms with Gasteiger partial charge in [-0.2, -0.15) is 0 Å². The second kappa shape index (κ2) is 7.99. The van der Waals surface area contributed by atoms with Crippen molar-refractivity contribution in [2.75, 3.05) is 26.0 Å². The Labute approximate surface area is 142 Å². The third-order valence-electron chi connectivity index (χ3n) is 3.51.